The predicted molar refractivity (Wildman–Crippen MR) is 97.5 cm³/mol. The average Bonchev–Trinajstić information content (AvgIpc) is 2.97. The van der Waals surface area contributed by atoms with Crippen molar-refractivity contribution in [3.05, 3.63) is 17.0 Å². The van der Waals surface area contributed by atoms with Crippen LogP contribution in [0.2, 0.25) is 5.15 Å². The minimum absolute atomic E-state index is 0.396. The van der Waals surface area contributed by atoms with Crippen molar-refractivity contribution in [2.75, 3.05) is 25.1 Å². The van der Waals surface area contributed by atoms with Crippen LogP contribution >= 0.6 is 11.6 Å². The first-order chi connectivity index (χ1) is 13.2. The van der Waals surface area contributed by atoms with Gasteiger partial charge in [0.25, 0.3) is 5.88 Å². The minimum Gasteiger partial charge on any atom is -0.475 e. The molecule has 2 atom stereocenters. The first-order valence-electron chi connectivity index (χ1n) is 9.16. The van der Waals surface area contributed by atoms with E-state index in [2.05, 4.69) is 32.0 Å². The maximum absolute atomic E-state index is 6.21. The summed E-state index contributed by atoms with van der Waals surface area (Å²) in [7, 11) is 0. The highest BCUT2D eigenvalue weighted by Crippen LogP contribution is 2.55. The number of aryl methyl sites for hydroxylation is 1. The third-order valence-electron chi connectivity index (χ3n) is 5.74. The van der Waals surface area contributed by atoms with Crippen LogP contribution in [0, 0.1) is 18.8 Å². The van der Waals surface area contributed by atoms with E-state index in [1.165, 1.54) is 0 Å². The summed E-state index contributed by atoms with van der Waals surface area (Å²) in [6, 6.07) is 0.396. The van der Waals surface area contributed by atoms with Crippen molar-refractivity contribution in [2.45, 2.75) is 25.9 Å². The van der Waals surface area contributed by atoms with Gasteiger partial charge in [0, 0.05) is 31.0 Å². The number of nitrogens with zero attached hydrogens (tertiary/aromatic N) is 6. The molecule has 0 radical (unpaired) electrons. The summed E-state index contributed by atoms with van der Waals surface area (Å²) in [6.45, 7) is 4.89. The van der Waals surface area contributed by atoms with Gasteiger partial charge < -0.3 is 14.8 Å². The van der Waals surface area contributed by atoms with Crippen molar-refractivity contribution in [1.29, 1.82) is 0 Å². The van der Waals surface area contributed by atoms with Crippen molar-refractivity contribution in [3.8, 4) is 5.88 Å². The molecular weight excluding hydrogens is 370 g/mol. The Bertz CT molecular complexity index is 1050. The molecule has 3 aromatic rings. The number of ether oxygens (including phenoxy) is 2. The van der Waals surface area contributed by atoms with E-state index in [0.29, 0.717) is 48.0 Å². The molecule has 3 aromatic heterocycles. The molecule has 1 saturated carbocycles. The summed E-state index contributed by atoms with van der Waals surface area (Å²) in [5, 5.41) is 13.6. The number of halogens is 1. The molecule has 1 saturated heterocycles. The maximum Gasteiger partial charge on any atom is 0.257 e. The summed E-state index contributed by atoms with van der Waals surface area (Å²) in [6.07, 6.45) is 2.48. The van der Waals surface area contributed by atoms with Crippen molar-refractivity contribution in [2.24, 2.45) is 11.8 Å². The molecule has 0 aromatic carbocycles. The average molecular weight is 388 g/mol. The van der Waals surface area contributed by atoms with Crippen LogP contribution in [-0.2, 0) is 11.3 Å². The summed E-state index contributed by atoms with van der Waals surface area (Å²) < 4.78 is 15.4. The van der Waals surface area contributed by atoms with Gasteiger partial charge in [0.1, 0.15) is 5.69 Å². The van der Waals surface area contributed by atoms with Gasteiger partial charge in [-0.2, -0.15) is 10.1 Å². The van der Waals surface area contributed by atoms with E-state index in [4.69, 9.17) is 26.2 Å². The van der Waals surface area contributed by atoms with Crippen molar-refractivity contribution in [1.82, 2.24) is 29.5 Å². The zero-order valence-corrected chi connectivity index (χ0v) is 15.5. The molecule has 1 N–H and O–H groups in total. The topological polar surface area (TPSA) is 91.9 Å². The van der Waals surface area contributed by atoms with Crippen molar-refractivity contribution >= 4 is 34.3 Å². The molecule has 2 unspecified atom stereocenters. The van der Waals surface area contributed by atoms with E-state index < -0.39 is 0 Å². The van der Waals surface area contributed by atoms with Gasteiger partial charge in [0.05, 0.1) is 36.9 Å². The molecule has 2 bridgehead atoms. The third-order valence-corrected chi connectivity index (χ3v) is 6.02. The van der Waals surface area contributed by atoms with E-state index in [9.17, 15) is 0 Å². The Kier molecular flexibility index (Phi) is 3.22. The minimum atomic E-state index is 0.396. The highest BCUT2D eigenvalue weighted by Gasteiger charge is 2.56. The summed E-state index contributed by atoms with van der Waals surface area (Å²) in [4.78, 5) is 9.03. The first-order valence-corrected chi connectivity index (χ1v) is 9.54. The second-order valence-corrected chi connectivity index (χ2v) is 7.70. The Morgan fingerprint density at radius 1 is 1.26 bits per heavy atom. The Hall–Kier alpha value is -2.39. The van der Waals surface area contributed by atoms with Crippen LogP contribution in [0.5, 0.6) is 5.88 Å². The lowest BCUT2D eigenvalue weighted by molar-refractivity contribution is 0.149. The van der Waals surface area contributed by atoms with Crippen LogP contribution < -0.4 is 10.1 Å². The quantitative estimate of drug-likeness (QED) is 0.685. The van der Waals surface area contributed by atoms with Gasteiger partial charge in [-0.25, -0.2) is 9.67 Å². The number of fused-ring (bicyclic) bond motifs is 3. The van der Waals surface area contributed by atoms with Crippen LogP contribution in [-0.4, -0.2) is 49.3 Å². The first kappa shape index (κ1) is 15.6. The number of aromatic nitrogens is 6. The molecule has 2 aliphatic heterocycles. The van der Waals surface area contributed by atoms with E-state index in [-0.39, 0.29) is 0 Å². The van der Waals surface area contributed by atoms with E-state index in [1.807, 2.05) is 0 Å². The SMILES string of the molecule is Cc1c2c(nn1C1C3COCC31)OCCCn1nc(Cl)c3cnc(nc31)N2. The van der Waals surface area contributed by atoms with Crippen molar-refractivity contribution in [3.63, 3.8) is 0 Å². The summed E-state index contributed by atoms with van der Waals surface area (Å²) >= 11 is 6.21. The molecule has 27 heavy (non-hydrogen) atoms. The Labute approximate surface area is 159 Å². The zero-order chi connectivity index (χ0) is 18.1. The standard InChI is InChI=1S/C17H18ClN7O2/c1-8-12-16(23-25(8)13-10-6-26-7-11(10)13)27-4-2-3-24-15-9(14(18)22-24)5-19-17(20-12)21-15/h5,10-11,13H,2-4,6-7H2,1H3,(H,19,20,21). The molecule has 10 heteroatoms. The second-order valence-electron chi connectivity index (χ2n) is 7.34. The molecular formula is C17H18ClN7O2. The second kappa shape index (κ2) is 5.56. The van der Waals surface area contributed by atoms with Gasteiger partial charge in [-0.15, -0.1) is 5.10 Å². The molecule has 6 rings (SSSR count). The number of rotatable bonds is 1. The molecule has 1 aliphatic carbocycles. The largest absolute Gasteiger partial charge is 0.475 e. The van der Waals surface area contributed by atoms with Crippen LogP contribution in [0.15, 0.2) is 6.20 Å². The molecule has 3 aliphatic rings. The Morgan fingerprint density at radius 3 is 2.96 bits per heavy atom. The molecule has 5 heterocycles. The molecule has 0 amide bonds. The van der Waals surface area contributed by atoms with E-state index >= 15 is 0 Å². The zero-order valence-electron chi connectivity index (χ0n) is 14.7. The maximum atomic E-state index is 6.21. The predicted octanol–water partition coefficient (Wildman–Crippen LogP) is 2.33. The Balaban J connectivity index is 1.43. The van der Waals surface area contributed by atoms with Gasteiger partial charge in [-0.1, -0.05) is 11.6 Å². The fourth-order valence-corrected chi connectivity index (χ4v) is 4.46. The fraction of sp³-hybridized carbons (Fsp3) is 0.529. The van der Waals surface area contributed by atoms with Gasteiger partial charge in [-0.05, 0) is 6.92 Å². The number of hydrogen-bond acceptors (Lipinski definition) is 7. The highest BCUT2D eigenvalue weighted by molar-refractivity contribution is 6.34. The van der Waals surface area contributed by atoms with Gasteiger partial charge >= 0.3 is 0 Å². The van der Waals surface area contributed by atoms with Gasteiger partial charge in [0.15, 0.2) is 10.8 Å². The molecule has 2 fully saturated rings. The summed E-state index contributed by atoms with van der Waals surface area (Å²) in [5.41, 5.74) is 2.57. The highest BCUT2D eigenvalue weighted by atomic mass is 35.5. The lowest BCUT2D eigenvalue weighted by Crippen LogP contribution is -2.09. The monoisotopic (exact) mass is 387 g/mol. The van der Waals surface area contributed by atoms with Crippen LogP contribution in [0.4, 0.5) is 11.6 Å². The third kappa shape index (κ3) is 2.28. The summed E-state index contributed by atoms with van der Waals surface area (Å²) in [5.74, 6) is 2.20. The van der Waals surface area contributed by atoms with Gasteiger partial charge in [-0.3, -0.25) is 4.68 Å². The van der Waals surface area contributed by atoms with Crippen LogP contribution in [0.1, 0.15) is 18.2 Å². The van der Waals surface area contributed by atoms with Crippen LogP contribution in [0.3, 0.4) is 0 Å². The normalized spacial score (nSPS) is 26.2. The Morgan fingerprint density at radius 2 is 2.11 bits per heavy atom. The number of hydrogen-bond donors (Lipinski definition) is 1. The lowest BCUT2D eigenvalue weighted by atomic mass is 10.3. The fourth-order valence-electron chi connectivity index (χ4n) is 4.23. The van der Waals surface area contributed by atoms with E-state index in [0.717, 1.165) is 42.0 Å². The van der Waals surface area contributed by atoms with Crippen LogP contribution in [0.25, 0.3) is 11.0 Å². The molecule has 140 valence electrons. The smallest absolute Gasteiger partial charge is 0.257 e. The lowest BCUT2D eigenvalue weighted by Gasteiger charge is -2.08. The number of nitrogens with one attached hydrogen (secondary N) is 1. The molecule has 9 nitrogen and oxygen atoms in total. The molecule has 0 spiro atoms. The van der Waals surface area contributed by atoms with Gasteiger partial charge in [0.2, 0.25) is 5.95 Å². The van der Waals surface area contributed by atoms with Crippen molar-refractivity contribution < 1.29 is 9.47 Å². The number of anilines is 2. The van der Waals surface area contributed by atoms with E-state index in [1.54, 1.807) is 10.9 Å².